The lowest BCUT2D eigenvalue weighted by Crippen LogP contribution is -2.21. The lowest BCUT2D eigenvalue weighted by Gasteiger charge is -2.12. The number of benzene rings is 2. The van der Waals surface area contributed by atoms with Gasteiger partial charge in [0.15, 0.2) is 17.3 Å². The van der Waals surface area contributed by atoms with Crippen LogP contribution in [0.5, 0.6) is 11.5 Å². The number of nitrogens with two attached hydrogens (primary N) is 2. The van der Waals surface area contributed by atoms with Crippen LogP contribution in [0.25, 0.3) is 22.3 Å². The van der Waals surface area contributed by atoms with Crippen LogP contribution in [0.15, 0.2) is 30.6 Å². The molecule has 4 N–H and O–H groups in total. The second-order valence-corrected chi connectivity index (χ2v) is 8.32. The van der Waals surface area contributed by atoms with Crippen LogP contribution in [-0.4, -0.2) is 31.9 Å². The summed E-state index contributed by atoms with van der Waals surface area (Å²) in [5, 5.41) is 4.75. The summed E-state index contributed by atoms with van der Waals surface area (Å²) in [6.45, 7) is 0. The standard InChI is InChI=1S/C23H17F5N6O3/c24-13-6-11(36-20-17(27)14(25)7-15(26)18(20)28)3-4-12(13)19-16-21(29)31-8-32-22(16)34(33-19)9-1-2-10(5-9)37-23(30)35/h3-4,6-10H,1-2,5H2,(H2,30,35)(H2,29,31,32). The molecule has 1 amide bonds. The molecule has 1 saturated carbocycles. The smallest absolute Gasteiger partial charge is 0.404 e. The number of aromatic nitrogens is 4. The first-order chi connectivity index (χ1) is 17.6. The van der Waals surface area contributed by atoms with Crippen LogP contribution in [0.3, 0.4) is 0 Å². The molecule has 1 aliphatic rings. The molecule has 0 bridgehead atoms. The second kappa shape index (κ2) is 9.19. The molecule has 0 saturated heterocycles. The Balaban J connectivity index is 1.52. The van der Waals surface area contributed by atoms with E-state index in [1.165, 1.54) is 17.1 Å². The molecule has 2 unspecified atom stereocenters. The van der Waals surface area contributed by atoms with E-state index in [1.54, 1.807) is 0 Å². The lowest BCUT2D eigenvalue weighted by molar-refractivity contribution is 0.108. The summed E-state index contributed by atoms with van der Waals surface area (Å²) >= 11 is 0. The molecule has 2 aromatic carbocycles. The predicted molar refractivity (Wildman–Crippen MR) is 119 cm³/mol. The van der Waals surface area contributed by atoms with E-state index in [4.69, 9.17) is 20.9 Å². The highest BCUT2D eigenvalue weighted by Gasteiger charge is 2.32. The van der Waals surface area contributed by atoms with Gasteiger partial charge in [-0.1, -0.05) is 0 Å². The summed E-state index contributed by atoms with van der Waals surface area (Å²) in [4.78, 5) is 19.3. The molecule has 2 aromatic heterocycles. The number of nitrogens with zero attached hydrogens (tertiary/aromatic N) is 4. The summed E-state index contributed by atoms with van der Waals surface area (Å²) in [6.07, 6.45) is 1.38. The first-order valence-corrected chi connectivity index (χ1v) is 10.9. The summed E-state index contributed by atoms with van der Waals surface area (Å²) in [6, 6.07) is 2.87. The number of primary amides is 1. The average Bonchev–Trinajstić information content (AvgIpc) is 3.45. The maximum atomic E-state index is 15.2. The molecule has 1 aliphatic carbocycles. The largest absolute Gasteiger partial charge is 0.451 e. The topological polar surface area (TPSA) is 131 Å². The van der Waals surface area contributed by atoms with E-state index in [0.29, 0.717) is 24.9 Å². The molecular formula is C23H17F5N6O3. The molecule has 1 fully saturated rings. The molecule has 2 atom stereocenters. The van der Waals surface area contributed by atoms with E-state index in [2.05, 4.69) is 15.1 Å². The molecule has 5 rings (SSSR count). The Kier molecular flexibility index (Phi) is 6.01. The van der Waals surface area contributed by atoms with Crippen molar-refractivity contribution in [2.45, 2.75) is 31.4 Å². The monoisotopic (exact) mass is 520 g/mol. The SMILES string of the molecule is NC(=O)OC1CCC(n2nc(-c3ccc(Oc4c(F)c(F)cc(F)c4F)cc3F)c3c(N)ncnc32)C1. The summed E-state index contributed by atoms with van der Waals surface area (Å²) < 4.78 is 81.7. The Morgan fingerprint density at radius 1 is 1.00 bits per heavy atom. The highest BCUT2D eigenvalue weighted by Crippen LogP contribution is 2.39. The van der Waals surface area contributed by atoms with E-state index in [9.17, 15) is 22.4 Å². The quantitative estimate of drug-likeness (QED) is 0.287. The van der Waals surface area contributed by atoms with Crippen LogP contribution in [0.4, 0.5) is 32.6 Å². The van der Waals surface area contributed by atoms with Gasteiger partial charge in [0.25, 0.3) is 0 Å². The number of ether oxygens (including phenoxy) is 2. The van der Waals surface area contributed by atoms with Crippen molar-refractivity contribution in [3.05, 3.63) is 59.7 Å². The van der Waals surface area contributed by atoms with Gasteiger partial charge in [-0.2, -0.15) is 13.9 Å². The Hall–Kier alpha value is -4.49. The highest BCUT2D eigenvalue weighted by molar-refractivity contribution is 5.98. The van der Waals surface area contributed by atoms with Gasteiger partial charge in [-0.15, -0.1) is 0 Å². The fourth-order valence-electron chi connectivity index (χ4n) is 4.36. The van der Waals surface area contributed by atoms with Crippen molar-refractivity contribution >= 4 is 22.9 Å². The first-order valence-electron chi connectivity index (χ1n) is 10.9. The first kappa shape index (κ1) is 24.2. The van der Waals surface area contributed by atoms with E-state index in [0.717, 1.165) is 12.1 Å². The minimum atomic E-state index is -1.77. The van der Waals surface area contributed by atoms with Gasteiger partial charge in [0.05, 0.1) is 11.4 Å². The predicted octanol–water partition coefficient (Wildman–Crippen LogP) is 4.75. The van der Waals surface area contributed by atoms with Crippen molar-refractivity contribution in [1.29, 1.82) is 0 Å². The molecule has 9 nitrogen and oxygen atoms in total. The van der Waals surface area contributed by atoms with E-state index in [-0.39, 0.29) is 34.6 Å². The van der Waals surface area contributed by atoms with Crippen LogP contribution in [0, 0.1) is 29.1 Å². The summed E-state index contributed by atoms with van der Waals surface area (Å²) in [7, 11) is 0. The van der Waals surface area contributed by atoms with Gasteiger partial charge in [-0.05, 0) is 25.0 Å². The number of carbonyl (C=O) groups excluding carboxylic acids is 1. The molecule has 2 heterocycles. The zero-order chi connectivity index (χ0) is 26.4. The third-order valence-electron chi connectivity index (χ3n) is 5.99. The van der Waals surface area contributed by atoms with Crippen molar-refractivity contribution < 1.29 is 36.2 Å². The minimum Gasteiger partial charge on any atom is -0.451 e. The zero-order valence-electron chi connectivity index (χ0n) is 18.7. The van der Waals surface area contributed by atoms with E-state index < -0.39 is 52.8 Å². The molecule has 4 aromatic rings. The van der Waals surface area contributed by atoms with Crippen LogP contribution < -0.4 is 16.2 Å². The zero-order valence-corrected chi connectivity index (χ0v) is 18.7. The number of halogens is 5. The van der Waals surface area contributed by atoms with Gasteiger partial charge >= 0.3 is 6.09 Å². The Morgan fingerprint density at radius 2 is 1.73 bits per heavy atom. The normalized spacial score (nSPS) is 17.3. The number of anilines is 1. The van der Waals surface area contributed by atoms with Crippen molar-refractivity contribution in [3.63, 3.8) is 0 Å². The molecule has 192 valence electrons. The minimum absolute atomic E-state index is 0.0216. The second-order valence-electron chi connectivity index (χ2n) is 8.32. The van der Waals surface area contributed by atoms with E-state index >= 15 is 4.39 Å². The number of nitrogen functional groups attached to an aromatic ring is 1. The third-order valence-corrected chi connectivity index (χ3v) is 5.99. The van der Waals surface area contributed by atoms with Gasteiger partial charge in [-0.25, -0.2) is 32.6 Å². The van der Waals surface area contributed by atoms with Gasteiger partial charge < -0.3 is 20.9 Å². The third kappa shape index (κ3) is 4.34. The molecule has 37 heavy (non-hydrogen) atoms. The van der Waals surface area contributed by atoms with Gasteiger partial charge in [0.1, 0.15) is 35.5 Å². The molecule has 0 radical (unpaired) electrons. The average molecular weight is 520 g/mol. The summed E-state index contributed by atoms with van der Waals surface area (Å²) in [5.74, 6) is -9.59. The number of rotatable bonds is 5. The van der Waals surface area contributed by atoms with Gasteiger partial charge in [-0.3, -0.25) is 0 Å². The Morgan fingerprint density at radius 3 is 2.41 bits per heavy atom. The molecule has 0 aliphatic heterocycles. The highest BCUT2D eigenvalue weighted by atomic mass is 19.2. The number of amides is 1. The maximum absolute atomic E-state index is 15.2. The van der Waals surface area contributed by atoms with Crippen LogP contribution in [0.2, 0.25) is 0 Å². The van der Waals surface area contributed by atoms with Crippen molar-refractivity contribution in [1.82, 2.24) is 19.7 Å². The summed E-state index contributed by atoms with van der Waals surface area (Å²) in [5.41, 5.74) is 11.5. The van der Waals surface area contributed by atoms with Gasteiger partial charge in [0.2, 0.25) is 17.4 Å². The lowest BCUT2D eigenvalue weighted by atomic mass is 10.1. The van der Waals surface area contributed by atoms with Gasteiger partial charge in [0, 0.05) is 24.1 Å². The maximum Gasteiger partial charge on any atom is 0.404 e. The fourth-order valence-corrected chi connectivity index (χ4v) is 4.36. The van der Waals surface area contributed by atoms with Crippen molar-refractivity contribution in [3.8, 4) is 22.8 Å². The number of fused-ring (bicyclic) bond motifs is 1. The van der Waals surface area contributed by atoms with Crippen LogP contribution in [-0.2, 0) is 4.74 Å². The molecule has 0 spiro atoms. The Bertz CT molecular complexity index is 1520. The van der Waals surface area contributed by atoms with Crippen LogP contribution in [0.1, 0.15) is 25.3 Å². The van der Waals surface area contributed by atoms with E-state index in [1.807, 2.05) is 0 Å². The molecule has 14 heteroatoms. The van der Waals surface area contributed by atoms with Crippen molar-refractivity contribution in [2.24, 2.45) is 5.73 Å². The number of hydrogen-bond acceptors (Lipinski definition) is 7. The van der Waals surface area contributed by atoms with Crippen molar-refractivity contribution in [2.75, 3.05) is 5.73 Å². The number of hydrogen-bond donors (Lipinski definition) is 2. The molecular weight excluding hydrogens is 503 g/mol. The van der Waals surface area contributed by atoms with Crippen LogP contribution >= 0.6 is 0 Å². The Labute approximate surface area is 204 Å². The number of carbonyl (C=O) groups is 1. The fraction of sp³-hybridized carbons (Fsp3) is 0.217.